The molecule has 2 N–H and O–H groups in total. The van der Waals surface area contributed by atoms with Crippen LogP contribution in [0.15, 0.2) is 54.6 Å². The molecule has 1 heterocycles. The maximum atomic E-state index is 12.6. The number of carbonyl (C=O) groups excluding carboxylic acids is 2. The number of nitrogens with one attached hydrogen (secondary N) is 2. The quantitative estimate of drug-likeness (QED) is 0.615. The lowest BCUT2D eigenvalue weighted by atomic mass is 10.2. The van der Waals surface area contributed by atoms with Crippen molar-refractivity contribution in [2.45, 2.75) is 19.4 Å². The van der Waals surface area contributed by atoms with Crippen LogP contribution in [0.3, 0.4) is 0 Å². The topological polar surface area (TPSA) is 98.8 Å². The molecule has 0 atom stereocenters. The molecule has 0 aromatic heterocycles. The second-order valence-electron chi connectivity index (χ2n) is 7.44. The minimum Gasteiger partial charge on any atom is -0.355 e. The number of rotatable bonds is 9. The molecular weight excluding hydrogens is 416 g/mol. The fraction of sp³-hybridized carbons (Fsp3) is 0.364. The number of carbonyl (C=O) groups is 2. The molecule has 0 aliphatic carbocycles. The minimum absolute atomic E-state index is 0.0295. The van der Waals surface area contributed by atoms with Crippen LogP contribution in [-0.4, -0.2) is 57.7 Å². The third-order valence-corrected chi connectivity index (χ3v) is 6.87. The highest BCUT2D eigenvalue weighted by molar-refractivity contribution is 7.92. The van der Waals surface area contributed by atoms with Gasteiger partial charge in [0.25, 0.3) is 0 Å². The van der Waals surface area contributed by atoms with Gasteiger partial charge in [0, 0.05) is 39.6 Å². The number of amides is 3. The molecule has 2 aromatic carbocycles. The highest BCUT2D eigenvalue weighted by Crippen LogP contribution is 2.29. The van der Waals surface area contributed by atoms with Crippen molar-refractivity contribution in [2.24, 2.45) is 0 Å². The Morgan fingerprint density at radius 3 is 2.48 bits per heavy atom. The van der Waals surface area contributed by atoms with Crippen molar-refractivity contribution in [1.82, 2.24) is 15.5 Å². The highest BCUT2D eigenvalue weighted by Gasteiger charge is 2.28. The van der Waals surface area contributed by atoms with Gasteiger partial charge in [0.15, 0.2) is 0 Å². The zero-order valence-electron chi connectivity index (χ0n) is 17.6. The first-order valence-electron chi connectivity index (χ1n) is 10.2. The maximum absolute atomic E-state index is 12.6. The summed E-state index contributed by atoms with van der Waals surface area (Å²) in [5.74, 6) is -0.470. The number of hydrogen-bond acceptors (Lipinski definition) is 4. The summed E-state index contributed by atoms with van der Waals surface area (Å²) in [4.78, 5) is 25.7. The molecule has 0 unspecified atom stereocenters. The molecule has 9 heteroatoms. The summed E-state index contributed by atoms with van der Waals surface area (Å²) in [6, 6.07) is 16.8. The monoisotopic (exact) mass is 444 g/mol. The number of para-hydroxylation sites is 1. The lowest BCUT2D eigenvalue weighted by Crippen LogP contribution is -2.40. The van der Waals surface area contributed by atoms with E-state index in [-0.39, 0.29) is 37.2 Å². The molecule has 3 rings (SSSR count). The second kappa shape index (κ2) is 10.3. The summed E-state index contributed by atoms with van der Waals surface area (Å²) in [5.41, 5.74) is 2.75. The van der Waals surface area contributed by atoms with Gasteiger partial charge >= 0.3 is 6.03 Å². The number of hydrogen-bond donors (Lipinski definition) is 2. The van der Waals surface area contributed by atoms with Gasteiger partial charge in [-0.3, -0.25) is 9.10 Å². The first-order chi connectivity index (χ1) is 14.9. The minimum atomic E-state index is -3.50. The van der Waals surface area contributed by atoms with E-state index in [0.717, 1.165) is 16.8 Å². The van der Waals surface area contributed by atoms with E-state index in [2.05, 4.69) is 10.6 Å². The number of benzene rings is 2. The fourth-order valence-corrected chi connectivity index (χ4v) is 4.89. The number of anilines is 1. The van der Waals surface area contributed by atoms with Gasteiger partial charge in [-0.2, -0.15) is 0 Å². The van der Waals surface area contributed by atoms with Gasteiger partial charge in [0.05, 0.1) is 11.4 Å². The van der Waals surface area contributed by atoms with Crippen LogP contribution in [0.25, 0.3) is 0 Å². The van der Waals surface area contributed by atoms with Gasteiger partial charge in [-0.15, -0.1) is 0 Å². The zero-order valence-corrected chi connectivity index (χ0v) is 18.4. The molecular formula is C22H28N4O4S. The van der Waals surface area contributed by atoms with E-state index < -0.39 is 10.0 Å². The van der Waals surface area contributed by atoms with Crippen molar-refractivity contribution in [3.63, 3.8) is 0 Å². The van der Waals surface area contributed by atoms with E-state index in [1.807, 2.05) is 48.5 Å². The summed E-state index contributed by atoms with van der Waals surface area (Å²) < 4.78 is 26.6. The number of fused-ring (bicyclic) bond motifs is 1. The first kappa shape index (κ1) is 22.6. The third-order valence-electron chi connectivity index (χ3n) is 5.10. The SMILES string of the molecule is CN(Cc1ccccc1)C(=O)NCCC(=O)NCCS(=O)(=O)N1CCc2ccccc21. The van der Waals surface area contributed by atoms with Crippen LogP contribution in [0.5, 0.6) is 0 Å². The molecule has 1 aliphatic rings. The van der Waals surface area contributed by atoms with E-state index >= 15 is 0 Å². The van der Waals surface area contributed by atoms with Crippen LogP contribution in [-0.2, 0) is 27.8 Å². The fourth-order valence-electron chi connectivity index (χ4n) is 3.46. The van der Waals surface area contributed by atoms with Crippen molar-refractivity contribution in [2.75, 3.05) is 36.7 Å². The predicted octanol–water partition coefficient (Wildman–Crippen LogP) is 1.73. The van der Waals surface area contributed by atoms with Crippen molar-refractivity contribution in [3.8, 4) is 0 Å². The van der Waals surface area contributed by atoms with Crippen LogP contribution in [0.1, 0.15) is 17.5 Å². The van der Waals surface area contributed by atoms with Crippen molar-refractivity contribution >= 4 is 27.6 Å². The highest BCUT2D eigenvalue weighted by atomic mass is 32.2. The number of sulfonamides is 1. The van der Waals surface area contributed by atoms with E-state index in [0.29, 0.717) is 19.5 Å². The molecule has 2 aromatic rings. The smallest absolute Gasteiger partial charge is 0.317 e. The molecule has 0 radical (unpaired) electrons. The van der Waals surface area contributed by atoms with E-state index in [9.17, 15) is 18.0 Å². The predicted molar refractivity (Wildman–Crippen MR) is 120 cm³/mol. The van der Waals surface area contributed by atoms with Gasteiger partial charge in [-0.25, -0.2) is 13.2 Å². The Balaban J connectivity index is 1.35. The lowest BCUT2D eigenvalue weighted by molar-refractivity contribution is -0.120. The molecule has 166 valence electrons. The Labute approximate surface area is 183 Å². The Hall–Kier alpha value is -3.07. The molecule has 0 saturated heterocycles. The molecule has 8 nitrogen and oxygen atoms in total. The molecule has 0 bridgehead atoms. The molecule has 0 spiro atoms. The second-order valence-corrected chi connectivity index (χ2v) is 9.45. The van der Waals surface area contributed by atoms with Gasteiger partial charge in [0.2, 0.25) is 15.9 Å². The molecule has 0 saturated carbocycles. The van der Waals surface area contributed by atoms with Crippen LogP contribution < -0.4 is 14.9 Å². The van der Waals surface area contributed by atoms with Crippen molar-refractivity contribution in [3.05, 3.63) is 65.7 Å². The van der Waals surface area contributed by atoms with Crippen molar-refractivity contribution in [1.29, 1.82) is 0 Å². The van der Waals surface area contributed by atoms with E-state index in [1.54, 1.807) is 13.1 Å². The standard InChI is InChI=1S/C22H28N4O4S/c1-25(17-18-7-3-2-4-8-18)22(28)24-13-11-21(27)23-14-16-31(29,30)26-15-12-19-9-5-6-10-20(19)26/h2-10H,11-17H2,1H3,(H,23,27)(H,24,28). The Morgan fingerprint density at radius 1 is 1.00 bits per heavy atom. The lowest BCUT2D eigenvalue weighted by Gasteiger charge is -2.19. The van der Waals surface area contributed by atoms with Crippen molar-refractivity contribution < 1.29 is 18.0 Å². The number of nitrogens with zero attached hydrogens (tertiary/aromatic N) is 2. The van der Waals surface area contributed by atoms with E-state index in [4.69, 9.17) is 0 Å². The number of urea groups is 1. The van der Waals surface area contributed by atoms with Crippen LogP contribution in [0.4, 0.5) is 10.5 Å². The molecule has 31 heavy (non-hydrogen) atoms. The normalized spacial score (nSPS) is 12.9. The molecule has 3 amide bonds. The van der Waals surface area contributed by atoms with Gasteiger partial charge in [0.1, 0.15) is 0 Å². The summed E-state index contributed by atoms with van der Waals surface area (Å²) in [6.45, 7) is 1.10. The van der Waals surface area contributed by atoms with Gasteiger partial charge in [-0.1, -0.05) is 48.5 Å². The maximum Gasteiger partial charge on any atom is 0.317 e. The average molecular weight is 445 g/mol. The third kappa shape index (κ3) is 6.21. The summed E-state index contributed by atoms with van der Waals surface area (Å²) >= 11 is 0. The Bertz CT molecular complexity index is 1010. The Morgan fingerprint density at radius 2 is 1.71 bits per heavy atom. The van der Waals surface area contributed by atoms with Crippen LogP contribution >= 0.6 is 0 Å². The summed E-state index contributed by atoms with van der Waals surface area (Å²) in [6.07, 6.45) is 0.775. The van der Waals surface area contributed by atoms with Gasteiger partial charge < -0.3 is 15.5 Å². The van der Waals surface area contributed by atoms with Crippen LogP contribution in [0, 0.1) is 0 Å². The first-order valence-corrected chi connectivity index (χ1v) is 11.9. The van der Waals surface area contributed by atoms with Gasteiger partial charge in [-0.05, 0) is 23.6 Å². The average Bonchev–Trinajstić information content (AvgIpc) is 3.19. The molecule has 1 aliphatic heterocycles. The largest absolute Gasteiger partial charge is 0.355 e. The zero-order chi connectivity index (χ0) is 22.3. The van der Waals surface area contributed by atoms with E-state index in [1.165, 1.54) is 9.21 Å². The summed E-state index contributed by atoms with van der Waals surface area (Å²) in [7, 11) is -1.82. The Kier molecular flexibility index (Phi) is 7.51. The summed E-state index contributed by atoms with van der Waals surface area (Å²) in [5, 5.41) is 5.32. The van der Waals surface area contributed by atoms with Crippen LogP contribution in [0.2, 0.25) is 0 Å². The molecule has 0 fully saturated rings.